The molecule has 5 rings (SSSR count). The molecular formula is C17H20N4O2S2. The molecule has 0 saturated carbocycles. The van der Waals surface area contributed by atoms with Gasteiger partial charge < -0.3 is 9.80 Å². The Morgan fingerprint density at radius 1 is 1.32 bits per heavy atom. The van der Waals surface area contributed by atoms with E-state index in [9.17, 15) is 9.59 Å². The van der Waals surface area contributed by atoms with Crippen molar-refractivity contribution in [2.45, 2.75) is 39.3 Å². The highest BCUT2D eigenvalue weighted by atomic mass is 32.1. The summed E-state index contributed by atoms with van der Waals surface area (Å²) in [6, 6.07) is 0.0752. The molecule has 2 amide bonds. The number of aromatic nitrogens is 2. The van der Waals surface area contributed by atoms with E-state index in [1.807, 2.05) is 29.0 Å². The molecule has 0 radical (unpaired) electrons. The van der Waals surface area contributed by atoms with Crippen LogP contribution >= 0.6 is 22.7 Å². The molecule has 2 aromatic rings. The molecule has 0 aromatic carbocycles. The number of piperidine rings is 1. The molecule has 3 saturated heterocycles. The van der Waals surface area contributed by atoms with E-state index >= 15 is 0 Å². The first-order valence-corrected chi connectivity index (χ1v) is 10.2. The van der Waals surface area contributed by atoms with Crippen LogP contribution in [-0.4, -0.2) is 50.7 Å². The number of carbonyl (C=O) groups excluding carboxylic acids is 2. The highest BCUT2D eigenvalue weighted by molar-refractivity contribution is 7.13. The molecule has 0 spiro atoms. The SMILES string of the molecule is Cc1nc(C)c(C(=O)N2C[C@H]3CC[C@@H](C2)N(Cc2cscn2)C3=O)s1. The molecule has 3 aliphatic heterocycles. The first-order valence-electron chi connectivity index (χ1n) is 8.43. The van der Waals surface area contributed by atoms with E-state index in [0.717, 1.165) is 29.2 Å². The number of hydrogen-bond acceptors (Lipinski definition) is 6. The van der Waals surface area contributed by atoms with Crippen molar-refractivity contribution in [3.63, 3.8) is 0 Å². The lowest BCUT2D eigenvalue weighted by atomic mass is 9.94. The van der Waals surface area contributed by atoms with Crippen LogP contribution in [0.2, 0.25) is 0 Å². The maximum absolute atomic E-state index is 13.0. The van der Waals surface area contributed by atoms with Crippen LogP contribution in [0.1, 0.15) is 38.9 Å². The van der Waals surface area contributed by atoms with Gasteiger partial charge >= 0.3 is 0 Å². The molecule has 2 aromatic heterocycles. The molecular weight excluding hydrogens is 356 g/mol. The number of carbonyl (C=O) groups is 2. The fourth-order valence-corrected chi connectivity index (χ4v) is 5.22. The van der Waals surface area contributed by atoms with E-state index in [-0.39, 0.29) is 23.8 Å². The Balaban J connectivity index is 1.57. The van der Waals surface area contributed by atoms with E-state index in [1.54, 1.807) is 16.8 Å². The Morgan fingerprint density at radius 2 is 2.16 bits per heavy atom. The predicted molar refractivity (Wildman–Crippen MR) is 96.7 cm³/mol. The summed E-state index contributed by atoms with van der Waals surface area (Å²) < 4.78 is 0. The van der Waals surface area contributed by atoms with Gasteiger partial charge in [0.15, 0.2) is 0 Å². The zero-order valence-electron chi connectivity index (χ0n) is 14.3. The summed E-state index contributed by atoms with van der Waals surface area (Å²) in [5, 5.41) is 2.89. The lowest BCUT2D eigenvalue weighted by Crippen LogP contribution is -2.47. The van der Waals surface area contributed by atoms with Crippen molar-refractivity contribution in [3.8, 4) is 0 Å². The number of hydrogen-bond donors (Lipinski definition) is 0. The van der Waals surface area contributed by atoms with Gasteiger partial charge in [-0.05, 0) is 26.7 Å². The highest BCUT2D eigenvalue weighted by Crippen LogP contribution is 2.32. The molecule has 8 heteroatoms. The summed E-state index contributed by atoms with van der Waals surface area (Å²) >= 11 is 2.98. The van der Waals surface area contributed by atoms with Crippen LogP contribution in [-0.2, 0) is 11.3 Å². The highest BCUT2D eigenvalue weighted by Gasteiger charge is 2.42. The summed E-state index contributed by atoms with van der Waals surface area (Å²) in [7, 11) is 0. The summed E-state index contributed by atoms with van der Waals surface area (Å²) in [6.07, 6.45) is 1.81. The third kappa shape index (κ3) is 3.08. The average molecular weight is 377 g/mol. The minimum atomic E-state index is -0.101. The number of fused-ring (bicyclic) bond motifs is 4. The average Bonchev–Trinajstić information content (AvgIpc) is 3.11. The van der Waals surface area contributed by atoms with Gasteiger partial charge in [-0.2, -0.15) is 0 Å². The minimum absolute atomic E-state index is 0.0170. The molecule has 0 unspecified atom stereocenters. The van der Waals surface area contributed by atoms with Gasteiger partial charge in [-0.15, -0.1) is 22.7 Å². The van der Waals surface area contributed by atoms with Gasteiger partial charge in [0.2, 0.25) is 5.91 Å². The van der Waals surface area contributed by atoms with Gasteiger partial charge in [0.05, 0.1) is 34.4 Å². The first kappa shape index (κ1) is 16.7. The summed E-state index contributed by atoms with van der Waals surface area (Å²) in [5.74, 6) is 0.0794. The van der Waals surface area contributed by atoms with Gasteiger partial charge in [0.25, 0.3) is 5.91 Å². The number of rotatable bonds is 3. The number of aryl methyl sites for hydroxylation is 2. The Kier molecular flexibility index (Phi) is 4.33. The largest absolute Gasteiger partial charge is 0.335 e. The number of amides is 2. The third-order valence-corrected chi connectivity index (χ3v) is 6.69. The molecule has 2 bridgehead atoms. The molecule has 132 valence electrons. The molecule has 3 aliphatic rings. The van der Waals surface area contributed by atoms with E-state index in [1.165, 1.54) is 11.3 Å². The van der Waals surface area contributed by atoms with Gasteiger partial charge in [-0.1, -0.05) is 0 Å². The normalized spacial score (nSPS) is 23.2. The zero-order chi connectivity index (χ0) is 17.6. The van der Waals surface area contributed by atoms with Crippen molar-refractivity contribution in [2.24, 2.45) is 5.92 Å². The Morgan fingerprint density at radius 3 is 2.84 bits per heavy atom. The Hall–Kier alpha value is -1.80. The van der Waals surface area contributed by atoms with Gasteiger partial charge in [0, 0.05) is 24.5 Å². The number of thiazole rings is 2. The maximum Gasteiger partial charge on any atom is 0.265 e. The van der Waals surface area contributed by atoms with E-state index < -0.39 is 0 Å². The quantitative estimate of drug-likeness (QED) is 0.825. The fraction of sp³-hybridized carbons (Fsp3) is 0.529. The van der Waals surface area contributed by atoms with Crippen LogP contribution in [0.15, 0.2) is 10.9 Å². The molecule has 2 atom stereocenters. The van der Waals surface area contributed by atoms with Gasteiger partial charge in [-0.25, -0.2) is 9.97 Å². The Bertz CT molecular complexity index is 802. The molecule has 5 heterocycles. The molecule has 0 N–H and O–H groups in total. The van der Waals surface area contributed by atoms with Crippen molar-refractivity contribution in [1.82, 2.24) is 19.8 Å². The second kappa shape index (κ2) is 6.49. The Labute approximate surface area is 154 Å². The molecule has 6 nitrogen and oxygen atoms in total. The van der Waals surface area contributed by atoms with Gasteiger partial charge in [-0.3, -0.25) is 9.59 Å². The van der Waals surface area contributed by atoms with Crippen molar-refractivity contribution in [2.75, 3.05) is 13.1 Å². The lowest BCUT2D eigenvalue weighted by Gasteiger charge is -2.35. The van der Waals surface area contributed by atoms with Crippen LogP contribution in [0.25, 0.3) is 0 Å². The van der Waals surface area contributed by atoms with Crippen molar-refractivity contribution in [3.05, 3.63) is 32.2 Å². The van der Waals surface area contributed by atoms with E-state index in [2.05, 4.69) is 9.97 Å². The van der Waals surface area contributed by atoms with Crippen molar-refractivity contribution >= 4 is 34.5 Å². The van der Waals surface area contributed by atoms with E-state index in [4.69, 9.17) is 0 Å². The molecule has 3 fully saturated rings. The van der Waals surface area contributed by atoms with Crippen molar-refractivity contribution in [1.29, 1.82) is 0 Å². The van der Waals surface area contributed by atoms with Crippen molar-refractivity contribution < 1.29 is 9.59 Å². The zero-order valence-corrected chi connectivity index (χ0v) is 15.9. The predicted octanol–water partition coefficient (Wildman–Crippen LogP) is 2.48. The van der Waals surface area contributed by atoms with Crippen LogP contribution in [0.4, 0.5) is 0 Å². The summed E-state index contributed by atoms with van der Waals surface area (Å²) in [4.78, 5) is 39.0. The topological polar surface area (TPSA) is 66.4 Å². The summed E-state index contributed by atoms with van der Waals surface area (Å²) in [6.45, 7) is 5.45. The summed E-state index contributed by atoms with van der Waals surface area (Å²) in [5.41, 5.74) is 3.51. The smallest absolute Gasteiger partial charge is 0.265 e. The van der Waals surface area contributed by atoms with Crippen LogP contribution in [0, 0.1) is 19.8 Å². The molecule has 25 heavy (non-hydrogen) atoms. The standard InChI is InChI=1S/C17H20N4O2S2/c1-10-15(25-11(2)19-10)17(23)20-5-12-3-4-14(7-20)21(16(12)22)6-13-8-24-9-18-13/h8-9,12,14H,3-7H2,1-2H3/t12-,14+/m1/s1. The van der Waals surface area contributed by atoms with Crippen LogP contribution in [0.3, 0.4) is 0 Å². The third-order valence-electron chi connectivity index (χ3n) is 4.99. The first-order chi connectivity index (χ1) is 12.0. The van der Waals surface area contributed by atoms with Crippen LogP contribution < -0.4 is 0 Å². The maximum atomic E-state index is 13.0. The number of nitrogens with zero attached hydrogens (tertiary/aromatic N) is 4. The van der Waals surface area contributed by atoms with Gasteiger partial charge in [0.1, 0.15) is 4.88 Å². The van der Waals surface area contributed by atoms with Crippen LogP contribution in [0.5, 0.6) is 0 Å². The molecule has 0 aliphatic carbocycles. The second-order valence-corrected chi connectivity index (χ2v) is 8.65. The minimum Gasteiger partial charge on any atom is -0.335 e. The second-order valence-electron chi connectivity index (χ2n) is 6.73. The monoisotopic (exact) mass is 376 g/mol. The van der Waals surface area contributed by atoms with E-state index in [0.29, 0.717) is 24.5 Å². The fourth-order valence-electron chi connectivity index (χ4n) is 3.78. The lowest BCUT2D eigenvalue weighted by molar-refractivity contribution is -0.140.